The fourth-order valence-electron chi connectivity index (χ4n) is 4.18. The lowest BCUT2D eigenvalue weighted by Crippen LogP contribution is -2.42. The molecule has 3 aromatic heterocycles. The van der Waals surface area contributed by atoms with Gasteiger partial charge in [-0.15, -0.1) is 0 Å². The summed E-state index contributed by atoms with van der Waals surface area (Å²) in [4.78, 5) is 76.8. The van der Waals surface area contributed by atoms with Crippen molar-refractivity contribution < 1.29 is 28.7 Å². The molecule has 1 atom stereocenters. The van der Waals surface area contributed by atoms with E-state index >= 15 is 0 Å². The molecule has 43 heavy (non-hydrogen) atoms. The third-order valence-electron chi connectivity index (χ3n) is 6.49. The maximum atomic E-state index is 13.1. The highest BCUT2D eigenvalue weighted by Crippen LogP contribution is 2.26. The van der Waals surface area contributed by atoms with E-state index in [0.29, 0.717) is 22.2 Å². The van der Waals surface area contributed by atoms with Crippen molar-refractivity contribution >= 4 is 51.6 Å². The number of ether oxygens (including phenoxy) is 2. The first-order valence-electron chi connectivity index (χ1n) is 13.9. The molecule has 13 nitrogen and oxygen atoms in total. The van der Waals surface area contributed by atoms with E-state index in [0.717, 1.165) is 5.52 Å². The number of nitrogens with one attached hydrogen (secondary N) is 4. The maximum absolute atomic E-state index is 13.1. The zero-order chi connectivity index (χ0) is 31.3. The van der Waals surface area contributed by atoms with E-state index in [9.17, 15) is 24.0 Å². The number of carbonyl (C=O) groups is 4. The van der Waals surface area contributed by atoms with Gasteiger partial charge < -0.3 is 19.8 Å². The first-order chi connectivity index (χ1) is 20.4. The summed E-state index contributed by atoms with van der Waals surface area (Å²) >= 11 is 0. The molecule has 0 aliphatic rings. The molecule has 4 aromatic rings. The molecule has 3 heterocycles. The second-order valence-electron chi connectivity index (χ2n) is 10.8. The zero-order valence-electron chi connectivity index (χ0n) is 24.6. The number of fused-ring (bicyclic) bond motifs is 2. The summed E-state index contributed by atoms with van der Waals surface area (Å²) in [6.45, 7) is 8.93. The van der Waals surface area contributed by atoms with Crippen molar-refractivity contribution in [2.24, 2.45) is 5.41 Å². The van der Waals surface area contributed by atoms with Crippen molar-refractivity contribution in [2.45, 2.75) is 53.5 Å². The molecule has 0 saturated carbocycles. The van der Waals surface area contributed by atoms with Crippen molar-refractivity contribution in [3.05, 3.63) is 52.4 Å². The van der Waals surface area contributed by atoms with Crippen LogP contribution < -0.4 is 16.2 Å². The van der Waals surface area contributed by atoms with Gasteiger partial charge in [-0.3, -0.25) is 29.5 Å². The molecule has 13 heteroatoms. The lowest BCUT2D eigenvalue weighted by Gasteiger charge is -2.17. The summed E-state index contributed by atoms with van der Waals surface area (Å²) < 4.78 is 9.99. The van der Waals surface area contributed by atoms with Crippen LogP contribution in [0.2, 0.25) is 0 Å². The van der Waals surface area contributed by atoms with Crippen molar-refractivity contribution in [3.63, 3.8) is 0 Å². The molecule has 226 valence electrons. The molecule has 0 fully saturated rings. The average Bonchev–Trinajstić information content (AvgIpc) is 3.38. The van der Waals surface area contributed by atoms with Crippen molar-refractivity contribution in [1.82, 2.24) is 25.3 Å². The normalized spacial score (nSPS) is 12.1. The quantitative estimate of drug-likeness (QED) is 0.201. The van der Waals surface area contributed by atoms with Crippen LogP contribution in [0.25, 0.3) is 33.2 Å². The molecule has 2 amide bonds. The second kappa shape index (κ2) is 12.8. The van der Waals surface area contributed by atoms with Crippen molar-refractivity contribution in [1.29, 1.82) is 0 Å². The van der Waals surface area contributed by atoms with Crippen molar-refractivity contribution in [3.8, 4) is 11.3 Å². The van der Waals surface area contributed by atoms with Crippen LogP contribution >= 0.6 is 0 Å². The molecule has 4 N–H and O–H groups in total. The Morgan fingerprint density at radius 3 is 2.44 bits per heavy atom. The largest absolute Gasteiger partial charge is 0.466 e. The van der Waals surface area contributed by atoms with Gasteiger partial charge >= 0.3 is 11.9 Å². The third-order valence-corrected chi connectivity index (χ3v) is 6.49. The summed E-state index contributed by atoms with van der Waals surface area (Å²) in [6, 6.07) is 7.40. The van der Waals surface area contributed by atoms with Gasteiger partial charge in [-0.1, -0.05) is 20.8 Å². The van der Waals surface area contributed by atoms with Gasteiger partial charge in [-0.25, -0.2) is 9.78 Å². The summed E-state index contributed by atoms with van der Waals surface area (Å²) in [5.74, 6) is -1.90. The van der Waals surface area contributed by atoms with Gasteiger partial charge in [0.15, 0.2) is 5.65 Å². The number of nitrogens with zero attached hydrogens (tertiary/aromatic N) is 2. The Labute approximate surface area is 246 Å². The number of esters is 2. The Morgan fingerprint density at radius 1 is 1.00 bits per heavy atom. The van der Waals surface area contributed by atoms with Gasteiger partial charge in [0.2, 0.25) is 11.9 Å². The Kier molecular flexibility index (Phi) is 9.22. The SMILES string of the molecule is CCOC(=O)CCC(NC(=O)c1ccc2[nH]c(-c3cnc4nc(NC(=O)C(C)(C)C)[nH]c(=O)c4c3)cc2c1)C(=O)OCC. The number of anilines is 1. The topological polar surface area (TPSA) is 185 Å². The second-order valence-corrected chi connectivity index (χ2v) is 10.8. The van der Waals surface area contributed by atoms with Crippen molar-refractivity contribution in [2.75, 3.05) is 18.5 Å². The number of H-pyrrole nitrogens is 2. The van der Waals surface area contributed by atoms with Crippen LogP contribution in [0.5, 0.6) is 0 Å². The first kappa shape index (κ1) is 30.9. The molecule has 0 radical (unpaired) electrons. The molecule has 0 saturated heterocycles. The number of hydrogen-bond donors (Lipinski definition) is 4. The fraction of sp³-hybridized carbons (Fsp3) is 0.367. The molecule has 1 aromatic carbocycles. The zero-order valence-corrected chi connectivity index (χ0v) is 24.6. The lowest BCUT2D eigenvalue weighted by molar-refractivity contribution is -0.146. The molecule has 0 aliphatic carbocycles. The number of benzene rings is 1. The minimum atomic E-state index is -1.02. The highest BCUT2D eigenvalue weighted by molar-refractivity contribution is 6.01. The number of hydrogen-bond acceptors (Lipinski definition) is 9. The van der Waals surface area contributed by atoms with E-state index in [-0.39, 0.29) is 48.9 Å². The molecule has 0 aliphatic heterocycles. The first-order valence-corrected chi connectivity index (χ1v) is 13.9. The van der Waals surface area contributed by atoms with Crippen LogP contribution in [0.1, 0.15) is 57.8 Å². The Hall–Kier alpha value is -5.07. The van der Waals surface area contributed by atoms with Gasteiger partial charge in [0, 0.05) is 45.8 Å². The number of aromatic nitrogens is 4. The van der Waals surface area contributed by atoms with E-state index < -0.39 is 34.9 Å². The molecule has 1 unspecified atom stereocenters. The fourth-order valence-corrected chi connectivity index (χ4v) is 4.18. The van der Waals surface area contributed by atoms with E-state index in [1.54, 1.807) is 71.1 Å². The van der Waals surface area contributed by atoms with E-state index in [4.69, 9.17) is 9.47 Å². The number of amides is 2. The van der Waals surface area contributed by atoms with Gasteiger partial charge in [-0.2, -0.15) is 4.98 Å². The number of rotatable bonds is 10. The summed E-state index contributed by atoms with van der Waals surface area (Å²) in [7, 11) is 0. The Morgan fingerprint density at radius 2 is 1.74 bits per heavy atom. The van der Waals surface area contributed by atoms with E-state index in [1.807, 2.05) is 0 Å². The highest BCUT2D eigenvalue weighted by atomic mass is 16.5. The average molecular weight is 591 g/mol. The molecule has 0 bridgehead atoms. The van der Waals surface area contributed by atoms with Gasteiger partial charge in [0.25, 0.3) is 11.5 Å². The summed E-state index contributed by atoms with van der Waals surface area (Å²) in [6.07, 6.45) is 1.53. The summed E-state index contributed by atoms with van der Waals surface area (Å²) in [5, 5.41) is 6.20. The van der Waals surface area contributed by atoms with Gasteiger partial charge in [-0.05, 0) is 50.6 Å². The van der Waals surface area contributed by atoms with Crippen LogP contribution in [-0.4, -0.2) is 62.9 Å². The monoisotopic (exact) mass is 590 g/mol. The molecular formula is C30H34N6O7. The minimum Gasteiger partial charge on any atom is -0.466 e. The van der Waals surface area contributed by atoms with Crippen LogP contribution in [-0.2, 0) is 23.9 Å². The molecular weight excluding hydrogens is 556 g/mol. The minimum absolute atomic E-state index is 0.0141. The smallest absolute Gasteiger partial charge is 0.328 e. The standard InChI is InChI=1S/C30H34N6O7/c1-6-42-23(37)11-10-21(27(40)43-7-2)33-25(38)16-8-9-20-17(12-16)14-22(32-20)18-13-19-24(31-15-18)34-29(35-26(19)39)36-28(41)30(3,4)5/h8-9,12-15,21,32H,6-7,10-11H2,1-5H3,(H,33,38)(H2,31,34,35,36,39,41). The summed E-state index contributed by atoms with van der Waals surface area (Å²) in [5.41, 5.74) is 1.31. The Balaban J connectivity index is 1.55. The third kappa shape index (κ3) is 7.42. The van der Waals surface area contributed by atoms with Gasteiger partial charge in [0.1, 0.15) is 6.04 Å². The molecule has 4 rings (SSSR count). The predicted octanol–water partition coefficient (Wildman–Crippen LogP) is 3.46. The van der Waals surface area contributed by atoms with Gasteiger partial charge in [0.05, 0.1) is 18.6 Å². The van der Waals surface area contributed by atoms with E-state index in [2.05, 4.69) is 30.6 Å². The predicted molar refractivity (Wildman–Crippen MR) is 159 cm³/mol. The van der Waals surface area contributed by atoms with E-state index in [1.165, 1.54) is 0 Å². The number of pyridine rings is 1. The molecule has 0 spiro atoms. The number of carbonyl (C=O) groups excluding carboxylic acids is 4. The maximum Gasteiger partial charge on any atom is 0.328 e. The Bertz CT molecular complexity index is 1750. The number of aromatic amines is 2. The van der Waals surface area contributed by atoms with Crippen LogP contribution in [0.3, 0.4) is 0 Å². The highest BCUT2D eigenvalue weighted by Gasteiger charge is 2.25. The van der Waals surface area contributed by atoms with Crippen LogP contribution in [0, 0.1) is 5.41 Å². The van der Waals surface area contributed by atoms with Crippen LogP contribution in [0.15, 0.2) is 41.3 Å². The van der Waals surface area contributed by atoms with Crippen LogP contribution in [0.4, 0.5) is 5.95 Å². The lowest BCUT2D eigenvalue weighted by atomic mass is 9.96.